The van der Waals surface area contributed by atoms with E-state index < -0.39 is 0 Å². The lowest BCUT2D eigenvalue weighted by Gasteiger charge is -2.27. The monoisotopic (exact) mass is 335 g/mol. The van der Waals surface area contributed by atoms with E-state index in [0.29, 0.717) is 0 Å². The van der Waals surface area contributed by atoms with Crippen molar-refractivity contribution in [3.63, 3.8) is 0 Å². The van der Waals surface area contributed by atoms with Crippen LogP contribution in [-0.2, 0) is 0 Å². The molecule has 20 heavy (non-hydrogen) atoms. The van der Waals surface area contributed by atoms with E-state index in [-0.39, 0.29) is 5.91 Å². The number of fused-ring (bicyclic) bond motifs is 2. The Labute approximate surface area is 129 Å². The lowest BCUT2D eigenvalue weighted by molar-refractivity contribution is 0.0754. The molecular formula is C17H22BrNO. The van der Waals surface area contributed by atoms with Crippen molar-refractivity contribution in [1.82, 2.24) is 4.90 Å². The maximum absolute atomic E-state index is 12.5. The molecule has 0 N–H and O–H groups in total. The highest BCUT2D eigenvalue weighted by Crippen LogP contribution is 2.48. The number of benzene rings is 1. The zero-order valence-electron chi connectivity index (χ0n) is 12.2. The third-order valence-electron chi connectivity index (χ3n) is 5.16. The van der Waals surface area contributed by atoms with Crippen molar-refractivity contribution in [3.05, 3.63) is 33.8 Å². The number of amides is 1. The van der Waals surface area contributed by atoms with Crippen LogP contribution in [0.3, 0.4) is 0 Å². The SMILES string of the molecule is Cc1ccc(C(=O)N(C)CC2CC3CCC2C3)cc1Br. The van der Waals surface area contributed by atoms with Crippen molar-refractivity contribution in [1.29, 1.82) is 0 Å². The van der Waals surface area contributed by atoms with Crippen molar-refractivity contribution in [3.8, 4) is 0 Å². The van der Waals surface area contributed by atoms with Crippen LogP contribution >= 0.6 is 15.9 Å². The second kappa shape index (κ2) is 5.51. The molecule has 108 valence electrons. The van der Waals surface area contributed by atoms with Crippen molar-refractivity contribution < 1.29 is 4.79 Å². The average molecular weight is 336 g/mol. The van der Waals surface area contributed by atoms with Crippen LogP contribution in [0.25, 0.3) is 0 Å². The highest BCUT2D eigenvalue weighted by atomic mass is 79.9. The van der Waals surface area contributed by atoms with Crippen LogP contribution in [0.2, 0.25) is 0 Å². The fourth-order valence-electron chi connectivity index (χ4n) is 3.98. The first-order chi connectivity index (χ1) is 9.54. The van der Waals surface area contributed by atoms with Gasteiger partial charge in [0.15, 0.2) is 0 Å². The van der Waals surface area contributed by atoms with Crippen LogP contribution < -0.4 is 0 Å². The number of rotatable bonds is 3. The number of carbonyl (C=O) groups is 1. The van der Waals surface area contributed by atoms with Crippen LogP contribution in [0.1, 0.15) is 41.6 Å². The molecular weight excluding hydrogens is 314 g/mol. The van der Waals surface area contributed by atoms with E-state index in [0.717, 1.165) is 39.9 Å². The van der Waals surface area contributed by atoms with Crippen molar-refractivity contribution in [2.45, 2.75) is 32.6 Å². The smallest absolute Gasteiger partial charge is 0.253 e. The first-order valence-corrected chi connectivity index (χ1v) is 8.35. The molecule has 0 saturated heterocycles. The predicted molar refractivity (Wildman–Crippen MR) is 84.8 cm³/mol. The Bertz CT molecular complexity index is 528. The summed E-state index contributed by atoms with van der Waals surface area (Å²) in [7, 11) is 1.95. The third kappa shape index (κ3) is 2.65. The molecule has 3 atom stereocenters. The predicted octanol–water partition coefficient (Wildman–Crippen LogP) is 4.27. The fourth-order valence-corrected chi connectivity index (χ4v) is 4.36. The van der Waals surface area contributed by atoms with Crippen molar-refractivity contribution in [2.24, 2.45) is 17.8 Å². The molecule has 3 rings (SSSR count). The molecule has 0 radical (unpaired) electrons. The summed E-state index contributed by atoms with van der Waals surface area (Å²) in [6.07, 6.45) is 5.54. The van der Waals surface area contributed by atoms with Gasteiger partial charge in [-0.05, 0) is 61.6 Å². The standard InChI is InChI=1S/C17H22BrNO/c1-11-3-5-14(9-16(11)18)17(20)19(2)10-15-8-12-4-6-13(15)7-12/h3,5,9,12-13,15H,4,6-8,10H2,1-2H3. The minimum Gasteiger partial charge on any atom is -0.341 e. The minimum atomic E-state index is 0.147. The fraction of sp³-hybridized carbons (Fsp3) is 0.588. The molecule has 1 aromatic carbocycles. The molecule has 3 unspecified atom stereocenters. The molecule has 2 aliphatic rings. The van der Waals surface area contributed by atoms with Gasteiger partial charge in [0, 0.05) is 23.6 Å². The second-order valence-electron chi connectivity index (χ2n) is 6.58. The quantitative estimate of drug-likeness (QED) is 0.807. The van der Waals surface area contributed by atoms with E-state index in [9.17, 15) is 4.79 Å². The summed E-state index contributed by atoms with van der Waals surface area (Å²) in [5, 5.41) is 0. The van der Waals surface area contributed by atoms with Gasteiger partial charge in [-0.25, -0.2) is 0 Å². The van der Waals surface area contributed by atoms with Gasteiger partial charge >= 0.3 is 0 Å². The Morgan fingerprint density at radius 1 is 1.35 bits per heavy atom. The third-order valence-corrected chi connectivity index (χ3v) is 6.01. The van der Waals surface area contributed by atoms with Gasteiger partial charge in [-0.15, -0.1) is 0 Å². The Morgan fingerprint density at radius 2 is 2.15 bits per heavy atom. The molecule has 1 aromatic rings. The van der Waals surface area contributed by atoms with Crippen molar-refractivity contribution in [2.75, 3.05) is 13.6 Å². The number of hydrogen-bond acceptors (Lipinski definition) is 1. The summed E-state index contributed by atoms with van der Waals surface area (Å²) in [5.41, 5.74) is 1.95. The Morgan fingerprint density at radius 3 is 2.75 bits per heavy atom. The topological polar surface area (TPSA) is 20.3 Å². The van der Waals surface area contributed by atoms with E-state index in [1.54, 1.807) is 0 Å². The van der Waals surface area contributed by atoms with Crippen LogP contribution in [0, 0.1) is 24.7 Å². The first-order valence-electron chi connectivity index (χ1n) is 7.56. The molecule has 0 aromatic heterocycles. The number of nitrogens with zero attached hydrogens (tertiary/aromatic N) is 1. The number of aryl methyl sites for hydroxylation is 1. The van der Waals surface area contributed by atoms with Gasteiger partial charge in [0.2, 0.25) is 0 Å². The number of halogens is 1. The van der Waals surface area contributed by atoms with Gasteiger partial charge in [-0.1, -0.05) is 28.4 Å². The summed E-state index contributed by atoms with van der Waals surface area (Å²) in [6.45, 7) is 2.96. The van der Waals surface area contributed by atoms with Crippen molar-refractivity contribution >= 4 is 21.8 Å². The van der Waals surface area contributed by atoms with Crippen LogP contribution in [-0.4, -0.2) is 24.4 Å². The highest BCUT2D eigenvalue weighted by molar-refractivity contribution is 9.10. The van der Waals surface area contributed by atoms with Crippen LogP contribution in [0.5, 0.6) is 0 Å². The first kappa shape index (κ1) is 14.1. The van der Waals surface area contributed by atoms with Gasteiger partial charge in [0.05, 0.1) is 0 Å². The van der Waals surface area contributed by atoms with Gasteiger partial charge in [0.25, 0.3) is 5.91 Å². The molecule has 0 spiro atoms. The largest absolute Gasteiger partial charge is 0.341 e. The zero-order valence-corrected chi connectivity index (χ0v) is 13.8. The average Bonchev–Trinajstić information content (AvgIpc) is 3.03. The Balaban J connectivity index is 1.65. The number of hydrogen-bond donors (Lipinski definition) is 0. The molecule has 1 amide bonds. The van der Waals surface area contributed by atoms with Gasteiger partial charge in [-0.3, -0.25) is 4.79 Å². The van der Waals surface area contributed by atoms with Gasteiger partial charge in [0.1, 0.15) is 0 Å². The zero-order chi connectivity index (χ0) is 14.3. The summed E-state index contributed by atoms with van der Waals surface area (Å²) in [5.74, 6) is 2.70. The maximum Gasteiger partial charge on any atom is 0.253 e. The van der Waals surface area contributed by atoms with E-state index in [1.165, 1.54) is 25.7 Å². The minimum absolute atomic E-state index is 0.147. The molecule has 2 nitrogen and oxygen atoms in total. The Kier molecular flexibility index (Phi) is 3.89. The maximum atomic E-state index is 12.5. The molecule has 0 heterocycles. The molecule has 2 fully saturated rings. The van der Waals surface area contributed by atoms with E-state index in [4.69, 9.17) is 0 Å². The summed E-state index contributed by atoms with van der Waals surface area (Å²) >= 11 is 3.51. The normalized spacial score (nSPS) is 27.9. The van der Waals surface area contributed by atoms with Crippen LogP contribution in [0.15, 0.2) is 22.7 Å². The number of carbonyl (C=O) groups excluding carboxylic acids is 1. The summed E-state index contributed by atoms with van der Waals surface area (Å²) < 4.78 is 1.01. The molecule has 2 aliphatic carbocycles. The van der Waals surface area contributed by atoms with Gasteiger partial charge in [-0.2, -0.15) is 0 Å². The van der Waals surface area contributed by atoms with E-state index in [2.05, 4.69) is 15.9 Å². The van der Waals surface area contributed by atoms with Crippen LogP contribution in [0.4, 0.5) is 0 Å². The second-order valence-corrected chi connectivity index (χ2v) is 7.44. The Hall–Kier alpha value is -0.830. The van der Waals surface area contributed by atoms with Gasteiger partial charge < -0.3 is 4.90 Å². The lowest BCUT2D eigenvalue weighted by Crippen LogP contribution is -2.33. The summed E-state index contributed by atoms with van der Waals surface area (Å²) in [6, 6.07) is 5.87. The lowest BCUT2D eigenvalue weighted by atomic mass is 9.88. The molecule has 0 aliphatic heterocycles. The molecule has 3 heteroatoms. The summed E-state index contributed by atoms with van der Waals surface area (Å²) in [4.78, 5) is 14.4. The van der Waals surface area contributed by atoms with E-state index >= 15 is 0 Å². The highest BCUT2D eigenvalue weighted by Gasteiger charge is 2.40. The molecule has 2 saturated carbocycles. The molecule has 2 bridgehead atoms. The van der Waals surface area contributed by atoms with E-state index in [1.807, 2.05) is 37.1 Å².